The molecule has 0 amide bonds. The number of hydrogen-bond donors (Lipinski definition) is 1. The molecule has 0 spiro atoms. The van der Waals surface area contributed by atoms with Crippen molar-refractivity contribution in [1.29, 1.82) is 0 Å². The number of aryl methyl sites for hydroxylation is 1. The van der Waals surface area contributed by atoms with Crippen molar-refractivity contribution in [3.63, 3.8) is 0 Å². The fraction of sp³-hybridized carbons (Fsp3) is 0.214. The van der Waals surface area contributed by atoms with Crippen LogP contribution in [0.25, 0.3) is 5.69 Å². The number of halogens is 2. The van der Waals surface area contributed by atoms with E-state index in [0.717, 1.165) is 34.0 Å². The zero-order valence-electron chi connectivity index (χ0n) is 20.8. The highest BCUT2D eigenvalue weighted by atomic mass is 35.5. The number of pyridine rings is 1. The summed E-state index contributed by atoms with van der Waals surface area (Å²) in [4.78, 5) is 6.76. The summed E-state index contributed by atoms with van der Waals surface area (Å²) in [6.07, 6.45) is 1.79. The van der Waals surface area contributed by atoms with Crippen LogP contribution in [-0.4, -0.2) is 28.9 Å². The van der Waals surface area contributed by atoms with Gasteiger partial charge in [-0.15, -0.1) is 0 Å². The highest BCUT2D eigenvalue weighted by Crippen LogP contribution is 2.47. The van der Waals surface area contributed by atoms with Gasteiger partial charge < -0.3 is 24.3 Å². The Labute approximate surface area is 231 Å². The van der Waals surface area contributed by atoms with Crippen molar-refractivity contribution in [2.75, 3.05) is 19.1 Å². The molecule has 0 saturated carbocycles. The molecule has 2 aromatic heterocycles. The van der Waals surface area contributed by atoms with Gasteiger partial charge in [-0.3, -0.25) is 4.98 Å². The molecular weight excluding hydrogens is 527 g/mol. The van der Waals surface area contributed by atoms with Crippen molar-refractivity contribution >= 4 is 46.2 Å². The molecule has 2 atom stereocenters. The second kappa shape index (κ2) is 10.2. The van der Waals surface area contributed by atoms with Gasteiger partial charge in [0, 0.05) is 28.7 Å². The van der Waals surface area contributed by atoms with Crippen molar-refractivity contribution in [1.82, 2.24) is 14.9 Å². The molecule has 190 valence electrons. The zero-order chi connectivity index (χ0) is 26.3. The first kappa shape index (κ1) is 25.4. The van der Waals surface area contributed by atoms with Gasteiger partial charge in [0.15, 0.2) is 5.11 Å². The van der Waals surface area contributed by atoms with E-state index in [1.807, 2.05) is 48.5 Å². The summed E-state index contributed by atoms with van der Waals surface area (Å²) in [5, 5.41) is 5.26. The molecule has 0 aliphatic carbocycles. The Kier molecular flexibility index (Phi) is 7.03. The Morgan fingerprint density at radius 1 is 0.946 bits per heavy atom. The van der Waals surface area contributed by atoms with Gasteiger partial charge in [0.05, 0.1) is 48.4 Å². The minimum Gasteiger partial charge on any atom is -0.497 e. The summed E-state index contributed by atoms with van der Waals surface area (Å²) >= 11 is 18.7. The molecule has 0 radical (unpaired) electrons. The van der Waals surface area contributed by atoms with Crippen LogP contribution < -0.4 is 19.7 Å². The van der Waals surface area contributed by atoms with Gasteiger partial charge in [0.1, 0.15) is 11.5 Å². The van der Waals surface area contributed by atoms with Gasteiger partial charge in [-0.1, -0.05) is 29.3 Å². The number of nitrogens with zero attached hydrogens (tertiary/aromatic N) is 3. The molecule has 9 heteroatoms. The number of anilines is 1. The van der Waals surface area contributed by atoms with Crippen LogP contribution in [0, 0.1) is 13.8 Å². The van der Waals surface area contributed by atoms with Crippen LogP contribution in [0.5, 0.6) is 11.5 Å². The second-order valence-electron chi connectivity index (χ2n) is 8.79. The van der Waals surface area contributed by atoms with Gasteiger partial charge in [-0.25, -0.2) is 0 Å². The van der Waals surface area contributed by atoms with Crippen LogP contribution in [0.1, 0.15) is 34.7 Å². The van der Waals surface area contributed by atoms with Crippen LogP contribution in [0.2, 0.25) is 10.0 Å². The summed E-state index contributed by atoms with van der Waals surface area (Å²) in [6.45, 7) is 4.15. The van der Waals surface area contributed by atoms with Crippen LogP contribution >= 0.6 is 35.4 Å². The lowest BCUT2D eigenvalue weighted by Crippen LogP contribution is -2.30. The zero-order valence-corrected chi connectivity index (χ0v) is 23.2. The molecule has 0 bridgehead atoms. The molecule has 1 fully saturated rings. The second-order valence-corrected chi connectivity index (χ2v) is 10.0. The van der Waals surface area contributed by atoms with Crippen molar-refractivity contribution in [2.24, 2.45) is 0 Å². The minimum absolute atomic E-state index is 0.209. The highest BCUT2D eigenvalue weighted by Gasteiger charge is 2.43. The number of methoxy groups -OCH3 is 2. The minimum atomic E-state index is -0.227. The first-order valence-corrected chi connectivity index (χ1v) is 12.9. The van der Waals surface area contributed by atoms with Crippen LogP contribution in [0.3, 0.4) is 0 Å². The molecule has 1 aliphatic heterocycles. The van der Waals surface area contributed by atoms with E-state index in [1.165, 1.54) is 0 Å². The van der Waals surface area contributed by atoms with E-state index in [4.69, 9.17) is 44.9 Å². The Balaban J connectivity index is 1.73. The average Bonchev–Trinajstić information content (AvgIpc) is 3.39. The molecular formula is C28H26Cl2N4O2S. The van der Waals surface area contributed by atoms with E-state index in [0.29, 0.717) is 26.7 Å². The standard InChI is InChI=1S/C28H26Cl2N4O2S/c1-16-13-20(17(2)33(16)23-10-8-18(29)14-21(23)30)27-26(22-7-5-6-12-31-22)32-28(37)34(27)24-15-19(35-3)9-11-25(24)36-4/h5-15,26-27H,1-4H3,(H,32,37). The third-order valence-electron chi connectivity index (χ3n) is 6.68. The number of ether oxygens (including phenoxy) is 2. The normalized spacial score (nSPS) is 17.1. The van der Waals surface area contributed by atoms with Crippen LogP contribution in [0.15, 0.2) is 66.9 Å². The molecule has 2 aromatic carbocycles. The molecule has 6 nitrogen and oxygen atoms in total. The SMILES string of the molecule is COc1ccc(OC)c(N2C(=S)NC(c3ccccn3)C2c2cc(C)n(-c3ccc(Cl)cc3Cl)c2C)c1. The lowest BCUT2D eigenvalue weighted by atomic mass is 9.96. The molecule has 1 aliphatic rings. The Morgan fingerprint density at radius 2 is 1.76 bits per heavy atom. The average molecular weight is 554 g/mol. The summed E-state index contributed by atoms with van der Waals surface area (Å²) < 4.78 is 13.4. The third-order valence-corrected chi connectivity index (χ3v) is 7.54. The van der Waals surface area contributed by atoms with Crippen molar-refractivity contribution in [3.05, 3.63) is 99.6 Å². The largest absolute Gasteiger partial charge is 0.497 e. The maximum atomic E-state index is 6.63. The predicted molar refractivity (Wildman–Crippen MR) is 153 cm³/mol. The van der Waals surface area contributed by atoms with E-state index in [2.05, 4.69) is 39.7 Å². The monoisotopic (exact) mass is 552 g/mol. The molecule has 1 saturated heterocycles. The molecule has 3 heterocycles. The van der Waals surface area contributed by atoms with E-state index < -0.39 is 0 Å². The maximum absolute atomic E-state index is 6.63. The van der Waals surface area contributed by atoms with Gasteiger partial charge in [-0.05, 0) is 80.2 Å². The lowest BCUT2D eigenvalue weighted by molar-refractivity contribution is 0.403. The number of thiocarbonyl (C=S) groups is 1. The van der Waals surface area contributed by atoms with E-state index in [-0.39, 0.29) is 12.1 Å². The van der Waals surface area contributed by atoms with Gasteiger partial charge in [0.2, 0.25) is 0 Å². The smallest absolute Gasteiger partial charge is 0.174 e. The molecule has 37 heavy (non-hydrogen) atoms. The first-order valence-electron chi connectivity index (χ1n) is 11.7. The number of hydrogen-bond acceptors (Lipinski definition) is 4. The topological polar surface area (TPSA) is 51.6 Å². The number of nitrogens with one attached hydrogen (secondary N) is 1. The number of rotatable bonds is 6. The molecule has 2 unspecified atom stereocenters. The van der Waals surface area contributed by atoms with Crippen LogP contribution in [0.4, 0.5) is 5.69 Å². The fourth-order valence-electron chi connectivity index (χ4n) is 5.04. The molecule has 4 aromatic rings. The lowest BCUT2D eigenvalue weighted by Gasteiger charge is -2.29. The van der Waals surface area contributed by atoms with Crippen LogP contribution in [-0.2, 0) is 0 Å². The van der Waals surface area contributed by atoms with Crippen molar-refractivity contribution in [2.45, 2.75) is 25.9 Å². The third kappa shape index (κ3) is 4.52. The summed E-state index contributed by atoms with van der Waals surface area (Å²) in [6, 6.07) is 18.9. The summed E-state index contributed by atoms with van der Waals surface area (Å²) in [7, 11) is 3.29. The maximum Gasteiger partial charge on any atom is 0.174 e. The van der Waals surface area contributed by atoms with Gasteiger partial charge >= 0.3 is 0 Å². The Hall–Kier alpha value is -3.26. The van der Waals surface area contributed by atoms with E-state index in [9.17, 15) is 0 Å². The van der Waals surface area contributed by atoms with Crippen molar-refractivity contribution < 1.29 is 9.47 Å². The summed E-state index contributed by atoms with van der Waals surface area (Å²) in [5.74, 6) is 1.39. The number of aromatic nitrogens is 2. The van der Waals surface area contributed by atoms with E-state index in [1.54, 1.807) is 26.5 Å². The summed E-state index contributed by atoms with van der Waals surface area (Å²) in [5.41, 5.74) is 5.70. The highest BCUT2D eigenvalue weighted by molar-refractivity contribution is 7.80. The quantitative estimate of drug-likeness (QED) is 0.260. The van der Waals surface area contributed by atoms with Gasteiger partial charge in [0.25, 0.3) is 0 Å². The Morgan fingerprint density at radius 3 is 2.43 bits per heavy atom. The Bertz CT molecular complexity index is 1470. The first-order chi connectivity index (χ1) is 17.8. The molecule has 5 rings (SSSR count). The molecule has 1 N–H and O–H groups in total. The fourth-order valence-corrected chi connectivity index (χ4v) is 5.87. The van der Waals surface area contributed by atoms with E-state index >= 15 is 0 Å². The van der Waals surface area contributed by atoms with Crippen molar-refractivity contribution in [3.8, 4) is 17.2 Å². The predicted octanol–water partition coefficient (Wildman–Crippen LogP) is 6.99. The number of benzene rings is 2. The van der Waals surface area contributed by atoms with Gasteiger partial charge in [-0.2, -0.15) is 0 Å².